The first kappa shape index (κ1) is 92.7. The molecule has 14 heteroatoms. The summed E-state index contributed by atoms with van der Waals surface area (Å²) in [7, 11) is 0. The molecule has 2 aliphatic heterocycles. The molecule has 2 saturated heterocycles. The fourth-order valence-electron chi connectivity index (χ4n) is 12.1. The van der Waals surface area contributed by atoms with Crippen molar-refractivity contribution >= 4 is 5.91 Å². The largest absolute Gasteiger partial charge is 0.394 e. The van der Waals surface area contributed by atoms with Crippen molar-refractivity contribution in [2.24, 2.45) is 0 Å². The van der Waals surface area contributed by atoms with Crippen molar-refractivity contribution in [2.45, 2.75) is 364 Å². The summed E-state index contributed by atoms with van der Waals surface area (Å²) >= 11 is 0. The molecule has 2 rings (SSSR count). The normalized spacial score (nSPS) is 22.6. The van der Waals surface area contributed by atoms with E-state index in [0.29, 0.717) is 12.8 Å². The third-order valence-corrected chi connectivity index (χ3v) is 18.4. The summed E-state index contributed by atoms with van der Waals surface area (Å²) in [6.07, 6.45) is 88.9. The second-order valence-corrected chi connectivity index (χ2v) is 27.4. The lowest BCUT2D eigenvalue weighted by molar-refractivity contribution is -0.359. The fourth-order valence-corrected chi connectivity index (χ4v) is 12.1. The van der Waals surface area contributed by atoms with Crippen LogP contribution in [0.2, 0.25) is 0 Å². The Labute approximate surface area is 614 Å². The number of hydrogen-bond donors (Lipinski definition) is 9. The smallest absolute Gasteiger partial charge is 0.220 e. The first-order valence-electron chi connectivity index (χ1n) is 40.2. The Hall–Kier alpha value is -4.39. The van der Waals surface area contributed by atoms with Crippen LogP contribution in [0.15, 0.2) is 158 Å². The minimum absolute atomic E-state index is 0.229. The van der Waals surface area contributed by atoms with Gasteiger partial charge in [-0.15, -0.1) is 0 Å². The van der Waals surface area contributed by atoms with Gasteiger partial charge in [0.2, 0.25) is 5.91 Å². The van der Waals surface area contributed by atoms with Gasteiger partial charge in [0.1, 0.15) is 48.8 Å². The number of unbranched alkanes of at least 4 members (excludes halogenated alkanes) is 28. The van der Waals surface area contributed by atoms with Crippen LogP contribution in [0.3, 0.4) is 0 Å². The van der Waals surface area contributed by atoms with Crippen molar-refractivity contribution in [1.82, 2.24) is 5.32 Å². The summed E-state index contributed by atoms with van der Waals surface area (Å²) in [5.74, 6) is -0.282. The van der Waals surface area contributed by atoms with E-state index in [0.717, 1.165) is 116 Å². The van der Waals surface area contributed by atoms with Crippen molar-refractivity contribution in [3.05, 3.63) is 158 Å². The van der Waals surface area contributed by atoms with E-state index in [4.69, 9.17) is 18.9 Å². The number of allylic oxidation sites excluding steroid dienone is 25. The Morgan fingerprint density at radius 2 is 0.693 bits per heavy atom. The second kappa shape index (κ2) is 68.7. The zero-order chi connectivity index (χ0) is 73.0. The van der Waals surface area contributed by atoms with E-state index in [9.17, 15) is 45.6 Å². The van der Waals surface area contributed by atoms with Gasteiger partial charge in [0.25, 0.3) is 0 Å². The Morgan fingerprint density at radius 3 is 1.09 bits per heavy atom. The Bertz CT molecular complexity index is 2310. The van der Waals surface area contributed by atoms with Gasteiger partial charge in [-0.25, -0.2) is 0 Å². The number of aliphatic hydroxyl groups is 8. The maximum atomic E-state index is 13.4. The maximum absolute atomic E-state index is 13.4. The second-order valence-electron chi connectivity index (χ2n) is 27.4. The minimum Gasteiger partial charge on any atom is -0.394 e. The minimum atomic E-state index is -1.81. The summed E-state index contributed by atoms with van der Waals surface area (Å²) in [6, 6.07) is -0.967. The van der Waals surface area contributed by atoms with Gasteiger partial charge in [-0.3, -0.25) is 4.79 Å². The molecular formula is C87H145NO13. The number of amides is 1. The van der Waals surface area contributed by atoms with Crippen molar-refractivity contribution < 1.29 is 64.6 Å². The molecule has 9 N–H and O–H groups in total. The van der Waals surface area contributed by atoms with Crippen LogP contribution >= 0.6 is 0 Å². The van der Waals surface area contributed by atoms with Crippen molar-refractivity contribution in [3.8, 4) is 0 Å². The Balaban J connectivity index is 1.68. The molecule has 2 aliphatic rings. The quantitative estimate of drug-likeness (QED) is 0.0204. The molecule has 0 aliphatic carbocycles. The number of nitrogens with one attached hydrogen (secondary N) is 1. The van der Waals surface area contributed by atoms with Crippen LogP contribution in [0.25, 0.3) is 0 Å². The van der Waals surface area contributed by atoms with E-state index < -0.39 is 86.8 Å². The third-order valence-electron chi connectivity index (χ3n) is 18.4. The van der Waals surface area contributed by atoms with Crippen LogP contribution in [0.1, 0.15) is 290 Å². The number of carbonyl (C=O) groups is 1. The fraction of sp³-hybridized carbons (Fsp3) is 0.690. The molecular weight excluding hydrogens is 1270 g/mol. The standard InChI is InChI=1S/C87H145NO13/c1-3-5-7-9-11-13-15-17-19-21-23-25-27-29-31-33-35-37-38-39-41-43-45-47-49-51-53-55-57-59-61-63-65-67-69-71-79(92)88-75(74-98-86-84(97)82(95)85(78(73-90)100-86)101-87-83(96)81(94)80(93)77(72-89)99-87)76(91)70-68-66-64-62-60-58-56-54-52-50-48-46-44-42-40-36-34-32-30-28-26-24-22-20-18-16-14-12-10-8-6-4-2/h5,7,11,13,17,19,23,25,29,31,35,37,39,41,45,47,51-54,57,59-60,62,68,70,75-78,80-87,89-91,93-97H,3-4,6,8-10,12,14-16,18,20-22,24,26-28,30,32-34,36,38,40,42-44,46,48-50,55-56,58,61,63-67,69,71-74H2,1-2H3,(H,88,92)/b7-5-,13-11-,19-17-,25-23-,31-29-,37-35-,41-39-,47-45-,53-51-,54-52+,59-57-,62-60+,70-68+. The van der Waals surface area contributed by atoms with Crippen LogP contribution < -0.4 is 5.32 Å². The first-order valence-corrected chi connectivity index (χ1v) is 40.2. The topological polar surface area (TPSA) is 228 Å². The Kier molecular flexibility index (Phi) is 63.1. The summed E-state index contributed by atoms with van der Waals surface area (Å²) in [6.45, 7) is 2.66. The number of hydrogen-bond acceptors (Lipinski definition) is 13. The molecule has 0 spiro atoms. The van der Waals surface area contributed by atoms with E-state index in [1.165, 1.54) is 141 Å². The van der Waals surface area contributed by atoms with Crippen LogP contribution in [-0.4, -0.2) is 140 Å². The average Bonchev–Trinajstić information content (AvgIpc) is 0.791. The molecule has 0 bridgehead atoms. The molecule has 2 heterocycles. The van der Waals surface area contributed by atoms with Gasteiger partial charge >= 0.3 is 0 Å². The lowest BCUT2D eigenvalue weighted by Gasteiger charge is -2.46. The number of carbonyl (C=O) groups excluding carboxylic acids is 1. The highest BCUT2D eigenvalue weighted by atomic mass is 16.7. The number of ether oxygens (including phenoxy) is 4. The lowest BCUT2D eigenvalue weighted by atomic mass is 9.97. The molecule has 1 amide bonds. The molecule has 0 aromatic heterocycles. The molecule has 14 nitrogen and oxygen atoms in total. The molecule has 101 heavy (non-hydrogen) atoms. The SMILES string of the molecule is CC/C=C\C/C=C\C/C=C\C/C=C\C/C=C\C/C=C\C/C=C\C/C=C\C/C=C\C/C=C\CCCCCCC(=O)NC(COC1OC(CO)C(OC2OC(CO)C(O)C(O)C2O)C(O)C1O)C(O)/C=C/CC/C=C/CC/C=C/CCCCCCCCCCCCCCCCCCCCCCCC. The van der Waals surface area contributed by atoms with Crippen molar-refractivity contribution in [1.29, 1.82) is 0 Å². The molecule has 12 unspecified atom stereocenters. The Morgan fingerprint density at radius 1 is 0.366 bits per heavy atom. The number of rotatable bonds is 65. The summed E-state index contributed by atoms with van der Waals surface area (Å²) in [4.78, 5) is 13.4. The predicted molar refractivity (Wildman–Crippen MR) is 419 cm³/mol. The summed E-state index contributed by atoms with van der Waals surface area (Å²) in [5, 5.41) is 87.6. The van der Waals surface area contributed by atoms with Crippen LogP contribution in [0.5, 0.6) is 0 Å². The van der Waals surface area contributed by atoms with Crippen LogP contribution in [0, 0.1) is 0 Å². The van der Waals surface area contributed by atoms with Gasteiger partial charge in [-0.2, -0.15) is 0 Å². The van der Waals surface area contributed by atoms with E-state index >= 15 is 0 Å². The van der Waals surface area contributed by atoms with E-state index in [1.807, 2.05) is 6.08 Å². The molecule has 0 radical (unpaired) electrons. The van der Waals surface area contributed by atoms with Crippen molar-refractivity contribution in [2.75, 3.05) is 19.8 Å². The maximum Gasteiger partial charge on any atom is 0.220 e. The summed E-state index contributed by atoms with van der Waals surface area (Å²) < 4.78 is 22.9. The van der Waals surface area contributed by atoms with E-state index in [1.54, 1.807) is 6.08 Å². The van der Waals surface area contributed by atoms with Gasteiger partial charge in [0, 0.05) is 6.42 Å². The summed E-state index contributed by atoms with van der Waals surface area (Å²) in [5.41, 5.74) is 0. The van der Waals surface area contributed by atoms with Gasteiger partial charge in [-0.1, -0.05) is 320 Å². The highest BCUT2D eigenvalue weighted by Crippen LogP contribution is 2.30. The zero-order valence-electron chi connectivity index (χ0n) is 63.1. The highest BCUT2D eigenvalue weighted by Gasteiger charge is 2.51. The van der Waals surface area contributed by atoms with E-state index in [-0.39, 0.29) is 18.9 Å². The first-order chi connectivity index (χ1) is 49.6. The monoisotopic (exact) mass is 1410 g/mol. The average molecular weight is 1410 g/mol. The van der Waals surface area contributed by atoms with Crippen LogP contribution in [0.4, 0.5) is 0 Å². The molecule has 2 fully saturated rings. The van der Waals surface area contributed by atoms with Crippen LogP contribution in [-0.2, 0) is 23.7 Å². The highest BCUT2D eigenvalue weighted by molar-refractivity contribution is 5.76. The lowest BCUT2D eigenvalue weighted by Crippen LogP contribution is -2.65. The molecule has 0 aromatic rings. The number of aliphatic hydroxyl groups excluding tert-OH is 8. The van der Waals surface area contributed by atoms with Gasteiger partial charge in [0.15, 0.2) is 12.6 Å². The predicted octanol–water partition coefficient (Wildman–Crippen LogP) is 18.5. The van der Waals surface area contributed by atoms with Gasteiger partial charge in [-0.05, 0) is 122 Å². The van der Waals surface area contributed by atoms with E-state index in [2.05, 4.69) is 165 Å². The van der Waals surface area contributed by atoms with Gasteiger partial charge in [0.05, 0.1) is 32.0 Å². The van der Waals surface area contributed by atoms with Crippen molar-refractivity contribution in [3.63, 3.8) is 0 Å². The third kappa shape index (κ3) is 51.4. The molecule has 12 atom stereocenters. The molecule has 0 saturated carbocycles. The molecule has 0 aromatic carbocycles. The zero-order valence-corrected chi connectivity index (χ0v) is 63.1. The van der Waals surface area contributed by atoms with Gasteiger partial charge < -0.3 is 65.1 Å². The molecule has 576 valence electrons.